The molecule has 0 spiro atoms. The molecule has 0 aliphatic heterocycles. The molecular formula is C26H33NO4S. The summed E-state index contributed by atoms with van der Waals surface area (Å²) in [5.74, 6) is -0.264. The van der Waals surface area contributed by atoms with Crippen LogP contribution >= 0.6 is 0 Å². The average Bonchev–Trinajstić information content (AvgIpc) is 2.77. The highest BCUT2D eigenvalue weighted by Gasteiger charge is 2.13. The van der Waals surface area contributed by atoms with Crippen molar-refractivity contribution in [2.45, 2.75) is 37.5 Å². The number of rotatable bonds is 12. The molecule has 32 heavy (non-hydrogen) atoms. The third-order valence-corrected chi connectivity index (χ3v) is 6.82. The van der Waals surface area contributed by atoms with Crippen LogP contribution in [0.2, 0.25) is 0 Å². The predicted molar refractivity (Wildman–Crippen MR) is 132 cm³/mol. The lowest BCUT2D eigenvalue weighted by atomic mass is 10.1. The van der Waals surface area contributed by atoms with Gasteiger partial charge < -0.3 is 9.64 Å². The normalized spacial score (nSPS) is 11.5. The molecule has 0 aromatic heterocycles. The van der Waals surface area contributed by atoms with Gasteiger partial charge >= 0.3 is 5.97 Å². The second-order valence-electron chi connectivity index (χ2n) is 8.04. The number of carbonyl (C=O) groups excluding carboxylic acids is 1. The van der Waals surface area contributed by atoms with Crippen LogP contribution in [0.5, 0.6) is 0 Å². The van der Waals surface area contributed by atoms with Crippen molar-refractivity contribution in [2.75, 3.05) is 31.4 Å². The number of esters is 1. The molecule has 5 nitrogen and oxygen atoms in total. The summed E-state index contributed by atoms with van der Waals surface area (Å²) in [4.78, 5) is 13.7. The van der Waals surface area contributed by atoms with Crippen molar-refractivity contribution < 1.29 is 17.9 Å². The third kappa shape index (κ3) is 8.35. The van der Waals surface area contributed by atoms with Gasteiger partial charge in [0.05, 0.1) is 17.3 Å². The van der Waals surface area contributed by atoms with Crippen molar-refractivity contribution in [3.63, 3.8) is 0 Å². The number of ether oxygens (including phenoxy) is 1. The standard InChI is InChI=1S/C26H33NO4S/c1-21(2)26(28)31-19-7-5-6-8-20-32(29,30)25-17-13-23(14-18-25)10-9-22-11-15-24(16-12-22)27(3)4/h9-18H,1,5-8,19-20H2,2-4H3. The predicted octanol–water partition coefficient (Wildman–Crippen LogP) is 5.38. The first-order valence-corrected chi connectivity index (χ1v) is 12.5. The lowest BCUT2D eigenvalue weighted by Gasteiger charge is -2.11. The van der Waals surface area contributed by atoms with E-state index in [2.05, 4.69) is 30.8 Å². The van der Waals surface area contributed by atoms with E-state index < -0.39 is 9.84 Å². The van der Waals surface area contributed by atoms with Crippen LogP contribution in [0.25, 0.3) is 12.2 Å². The molecule has 0 bridgehead atoms. The van der Waals surface area contributed by atoms with Gasteiger partial charge in [-0.1, -0.05) is 55.8 Å². The molecule has 0 N–H and O–H groups in total. The van der Waals surface area contributed by atoms with Crippen molar-refractivity contribution in [3.05, 3.63) is 71.8 Å². The molecule has 2 aromatic carbocycles. The number of anilines is 1. The lowest BCUT2D eigenvalue weighted by Crippen LogP contribution is -2.08. The molecule has 172 valence electrons. The topological polar surface area (TPSA) is 63.7 Å². The first kappa shape index (κ1) is 25.4. The van der Waals surface area contributed by atoms with Gasteiger partial charge in [0, 0.05) is 25.4 Å². The van der Waals surface area contributed by atoms with Crippen LogP contribution in [0.1, 0.15) is 43.7 Å². The van der Waals surface area contributed by atoms with E-state index >= 15 is 0 Å². The zero-order valence-electron chi connectivity index (χ0n) is 19.2. The summed E-state index contributed by atoms with van der Waals surface area (Å²) in [5.41, 5.74) is 3.56. The monoisotopic (exact) mass is 455 g/mol. The maximum absolute atomic E-state index is 12.6. The number of carbonyl (C=O) groups is 1. The molecule has 0 fully saturated rings. The Kier molecular flexibility index (Phi) is 9.72. The molecule has 0 amide bonds. The molecule has 0 saturated carbocycles. The highest BCUT2D eigenvalue weighted by molar-refractivity contribution is 7.91. The Balaban J connectivity index is 1.79. The van der Waals surface area contributed by atoms with E-state index in [9.17, 15) is 13.2 Å². The number of unbranched alkanes of at least 4 members (excludes halogenated alkanes) is 3. The smallest absolute Gasteiger partial charge is 0.333 e. The summed E-state index contributed by atoms with van der Waals surface area (Å²) in [5, 5.41) is 0. The largest absolute Gasteiger partial charge is 0.462 e. The molecule has 0 aliphatic carbocycles. The summed E-state index contributed by atoms with van der Waals surface area (Å²) < 4.78 is 30.2. The van der Waals surface area contributed by atoms with Gasteiger partial charge in [0.15, 0.2) is 9.84 Å². The fourth-order valence-corrected chi connectivity index (χ4v) is 4.39. The quantitative estimate of drug-likeness (QED) is 0.186. The van der Waals surface area contributed by atoms with Gasteiger partial charge in [-0.2, -0.15) is 0 Å². The lowest BCUT2D eigenvalue weighted by molar-refractivity contribution is -0.139. The van der Waals surface area contributed by atoms with Gasteiger partial charge in [-0.15, -0.1) is 0 Å². The van der Waals surface area contributed by atoms with Crippen LogP contribution < -0.4 is 4.90 Å². The van der Waals surface area contributed by atoms with Gasteiger partial charge in [-0.05, 0) is 55.2 Å². The summed E-state index contributed by atoms with van der Waals surface area (Å²) >= 11 is 0. The van der Waals surface area contributed by atoms with Crippen molar-refractivity contribution in [1.29, 1.82) is 0 Å². The first-order valence-electron chi connectivity index (χ1n) is 10.8. The number of sulfone groups is 1. The average molecular weight is 456 g/mol. The minimum atomic E-state index is -3.30. The Hall–Kier alpha value is -2.86. The minimum absolute atomic E-state index is 0.117. The summed E-state index contributed by atoms with van der Waals surface area (Å²) in [6.07, 6.45) is 6.88. The van der Waals surface area contributed by atoms with Crippen LogP contribution in [0.3, 0.4) is 0 Å². The van der Waals surface area contributed by atoms with Gasteiger partial charge in [-0.25, -0.2) is 13.2 Å². The van der Waals surface area contributed by atoms with Crippen molar-refractivity contribution in [2.24, 2.45) is 0 Å². The Morgan fingerprint density at radius 1 is 0.906 bits per heavy atom. The third-order valence-electron chi connectivity index (χ3n) is 5.01. The van der Waals surface area contributed by atoms with E-state index in [4.69, 9.17) is 4.74 Å². The fourth-order valence-electron chi connectivity index (χ4n) is 3.02. The van der Waals surface area contributed by atoms with E-state index in [0.717, 1.165) is 36.1 Å². The zero-order valence-corrected chi connectivity index (χ0v) is 20.0. The molecule has 0 radical (unpaired) electrons. The number of nitrogens with zero attached hydrogens (tertiary/aromatic N) is 1. The van der Waals surface area contributed by atoms with Gasteiger partial charge in [0.2, 0.25) is 0 Å². The van der Waals surface area contributed by atoms with Crippen LogP contribution in [0.15, 0.2) is 65.6 Å². The minimum Gasteiger partial charge on any atom is -0.462 e. The van der Waals surface area contributed by atoms with E-state index in [-0.39, 0.29) is 11.7 Å². The van der Waals surface area contributed by atoms with Crippen molar-refractivity contribution in [1.82, 2.24) is 0 Å². The highest BCUT2D eigenvalue weighted by atomic mass is 32.2. The Morgan fingerprint density at radius 3 is 1.97 bits per heavy atom. The van der Waals surface area contributed by atoms with E-state index in [1.807, 2.05) is 43.3 Å². The SMILES string of the molecule is C=C(C)C(=O)OCCCCCCS(=O)(=O)c1ccc(C=Cc2ccc(N(C)C)cc2)cc1. The van der Waals surface area contributed by atoms with E-state index in [0.29, 0.717) is 23.5 Å². The van der Waals surface area contributed by atoms with Crippen LogP contribution in [-0.4, -0.2) is 40.8 Å². The van der Waals surface area contributed by atoms with Crippen LogP contribution in [0, 0.1) is 0 Å². The number of hydrogen-bond acceptors (Lipinski definition) is 5. The summed E-state index contributed by atoms with van der Waals surface area (Å²) in [6, 6.07) is 15.2. The number of benzene rings is 2. The van der Waals surface area contributed by atoms with E-state index in [1.54, 1.807) is 19.1 Å². The zero-order chi connectivity index (χ0) is 23.6. The summed E-state index contributed by atoms with van der Waals surface area (Å²) in [7, 11) is 0.710. The molecule has 6 heteroatoms. The van der Waals surface area contributed by atoms with Gasteiger partial charge in [0.25, 0.3) is 0 Å². The fraction of sp³-hybridized carbons (Fsp3) is 0.346. The molecular weight excluding hydrogens is 422 g/mol. The maximum Gasteiger partial charge on any atom is 0.333 e. The van der Waals surface area contributed by atoms with Gasteiger partial charge in [-0.3, -0.25) is 0 Å². The molecule has 2 aromatic rings. The highest BCUT2D eigenvalue weighted by Crippen LogP contribution is 2.18. The molecule has 0 aliphatic rings. The van der Waals surface area contributed by atoms with Crippen molar-refractivity contribution in [3.8, 4) is 0 Å². The Bertz CT molecular complexity index is 1020. The van der Waals surface area contributed by atoms with Crippen molar-refractivity contribution >= 4 is 33.6 Å². The molecule has 2 rings (SSSR count). The molecule has 0 atom stereocenters. The summed E-state index contributed by atoms with van der Waals surface area (Å²) in [6.45, 7) is 5.48. The molecule has 0 saturated heterocycles. The maximum atomic E-state index is 12.6. The first-order chi connectivity index (χ1) is 15.2. The Morgan fingerprint density at radius 2 is 1.44 bits per heavy atom. The van der Waals surface area contributed by atoms with Gasteiger partial charge in [0.1, 0.15) is 0 Å². The second kappa shape index (κ2) is 12.2. The molecule has 0 heterocycles. The van der Waals surface area contributed by atoms with E-state index in [1.165, 1.54) is 0 Å². The Labute approximate surface area is 192 Å². The van der Waals surface area contributed by atoms with Crippen LogP contribution in [0.4, 0.5) is 5.69 Å². The second-order valence-corrected chi connectivity index (χ2v) is 10.1. The van der Waals surface area contributed by atoms with Crippen LogP contribution in [-0.2, 0) is 19.4 Å². The molecule has 0 unspecified atom stereocenters. The number of hydrogen-bond donors (Lipinski definition) is 0.